The molecule has 0 saturated heterocycles. The van der Waals surface area contributed by atoms with Gasteiger partial charge < -0.3 is 5.32 Å². The maximum Gasteiger partial charge on any atom is 0.157 e. The maximum absolute atomic E-state index is 4.21. The molecular weight excluding hydrogens is 270 g/mol. The fraction of sp³-hybridized carbons (Fsp3) is 0.300. The summed E-state index contributed by atoms with van der Waals surface area (Å²) < 4.78 is 2.68. The minimum atomic E-state index is 0.783. The summed E-state index contributed by atoms with van der Waals surface area (Å²) in [5.41, 5.74) is 0. The monoisotopic (exact) mass is 281 g/mol. The first kappa shape index (κ1) is 11.1. The number of imidazole rings is 1. The van der Waals surface area contributed by atoms with Gasteiger partial charge in [-0.25, -0.2) is 15.0 Å². The molecule has 2 aromatic heterocycles. The molecule has 0 saturated carbocycles. The zero-order valence-electron chi connectivity index (χ0n) is 8.89. The normalized spacial score (nSPS) is 10.4. The molecule has 0 atom stereocenters. The van der Waals surface area contributed by atoms with Crippen molar-refractivity contribution in [1.29, 1.82) is 0 Å². The van der Waals surface area contributed by atoms with Gasteiger partial charge in [0.1, 0.15) is 22.9 Å². The molecule has 2 aromatic rings. The SMILES string of the molecule is CCCNc1ncnc(-n2ccnc2)c1Br. The van der Waals surface area contributed by atoms with Gasteiger partial charge in [0.2, 0.25) is 0 Å². The van der Waals surface area contributed by atoms with Crippen molar-refractivity contribution < 1.29 is 0 Å². The van der Waals surface area contributed by atoms with Gasteiger partial charge in [-0.05, 0) is 22.4 Å². The second kappa shape index (κ2) is 5.07. The van der Waals surface area contributed by atoms with Gasteiger partial charge in [-0.15, -0.1) is 0 Å². The highest BCUT2D eigenvalue weighted by molar-refractivity contribution is 9.10. The topological polar surface area (TPSA) is 55.6 Å². The van der Waals surface area contributed by atoms with Crippen LogP contribution in [0.4, 0.5) is 5.82 Å². The van der Waals surface area contributed by atoms with E-state index in [0.717, 1.165) is 29.1 Å². The molecule has 0 amide bonds. The molecular formula is C10H12BrN5. The molecule has 6 heteroatoms. The quantitative estimate of drug-likeness (QED) is 0.934. The third-order valence-corrected chi connectivity index (χ3v) is 2.79. The zero-order valence-corrected chi connectivity index (χ0v) is 10.5. The van der Waals surface area contributed by atoms with Crippen LogP contribution < -0.4 is 5.32 Å². The van der Waals surface area contributed by atoms with Crippen LogP contribution in [0.2, 0.25) is 0 Å². The first-order chi connectivity index (χ1) is 7.83. The molecule has 0 aliphatic heterocycles. The first-order valence-corrected chi connectivity index (χ1v) is 5.85. The molecule has 0 aliphatic carbocycles. The van der Waals surface area contributed by atoms with E-state index in [2.05, 4.69) is 43.1 Å². The molecule has 0 aliphatic rings. The molecule has 0 unspecified atom stereocenters. The summed E-state index contributed by atoms with van der Waals surface area (Å²) in [5.74, 6) is 1.59. The third kappa shape index (κ3) is 2.21. The van der Waals surface area contributed by atoms with Crippen LogP contribution in [0.1, 0.15) is 13.3 Å². The number of rotatable bonds is 4. The zero-order chi connectivity index (χ0) is 11.4. The minimum Gasteiger partial charge on any atom is -0.369 e. The molecule has 0 bridgehead atoms. The molecule has 0 radical (unpaired) electrons. The molecule has 0 aromatic carbocycles. The number of aromatic nitrogens is 4. The fourth-order valence-electron chi connectivity index (χ4n) is 1.29. The Morgan fingerprint density at radius 3 is 3.00 bits per heavy atom. The van der Waals surface area contributed by atoms with Crippen LogP contribution >= 0.6 is 15.9 Å². The summed E-state index contributed by atoms with van der Waals surface area (Å²) in [7, 11) is 0. The van der Waals surface area contributed by atoms with E-state index in [1.807, 2.05) is 10.8 Å². The van der Waals surface area contributed by atoms with Crippen LogP contribution in [0.3, 0.4) is 0 Å². The highest BCUT2D eigenvalue weighted by Gasteiger charge is 2.09. The second-order valence-electron chi connectivity index (χ2n) is 3.26. The Hall–Kier alpha value is -1.43. The summed E-state index contributed by atoms with van der Waals surface area (Å²) in [6, 6.07) is 0. The minimum absolute atomic E-state index is 0.783. The van der Waals surface area contributed by atoms with Crippen LogP contribution in [0.25, 0.3) is 5.82 Å². The van der Waals surface area contributed by atoms with Gasteiger partial charge in [-0.3, -0.25) is 4.57 Å². The highest BCUT2D eigenvalue weighted by atomic mass is 79.9. The van der Waals surface area contributed by atoms with Crippen LogP contribution in [-0.4, -0.2) is 26.1 Å². The Morgan fingerprint density at radius 1 is 1.44 bits per heavy atom. The standard InChI is InChI=1S/C10H12BrN5/c1-2-3-13-9-8(11)10(15-6-14-9)16-5-4-12-7-16/h4-7H,2-3H2,1H3,(H,13,14,15). The Kier molecular flexibility index (Phi) is 3.51. The van der Waals surface area contributed by atoms with Crippen molar-refractivity contribution in [3.8, 4) is 5.82 Å². The summed E-state index contributed by atoms with van der Waals surface area (Å²) >= 11 is 3.50. The van der Waals surface area contributed by atoms with Crippen LogP contribution in [0.5, 0.6) is 0 Å². The number of anilines is 1. The molecule has 2 rings (SSSR count). The first-order valence-electron chi connectivity index (χ1n) is 5.05. The lowest BCUT2D eigenvalue weighted by atomic mass is 10.4. The summed E-state index contributed by atoms with van der Waals surface area (Å²) in [6.45, 7) is 3.00. The summed E-state index contributed by atoms with van der Waals surface area (Å²) in [6.07, 6.45) is 7.86. The number of halogens is 1. The molecule has 84 valence electrons. The number of hydrogen-bond acceptors (Lipinski definition) is 4. The van der Waals surface area contributed by atoms with Crippen molar-refractivity contribution in [2.45, 2.75) is 13.3 Å². The van der Waals surface area contributed by atoms with Gasteiger partial charge in [0.05, 0.1) is 0 Å². The summed E-state index contributed by atoms with van der Waals surface area (Å²) in [5, 5.41) is 3.23. The van der Waals surface area contributed by atoms with E-state index in [9.17, 15) is 0 Å². The largest absolute Gasteiger partial charge is 0.369 e. The Bertz CT molecular complexity index is 454. The van der Waals surface area contributed by atoms with Crippen molar-refractivity contribution in [3.63, 3.8) is 0 Å². The van der Waals surface area contributed by atoms with Crippen molar-refractivity contribution in [2.24, 2.45) is 0 Å². The second-order valence-corrected chi connectivity index (χ2v) is 4.05. The van der Waals surface area contributed by atoms with E-state index in [0.29, 0.717) is 0 Å². The van der Waals surface area contributed by atoms with E-state index in [1.165, 1.54) is 6.33 Å². The van der Waals surface area contributed by atoms with Gasteiger partial charge >= 0.3 is 0 Å². The molecule has 0 spiro atoms. The lowest BCUT2D eigenvalue weighted by Crippen LogP contribution is -2.06. The number of nitrogens with zero attached hydrogens (tertiary/aromatic N) is 4. The van der Waals surface area contributed by atoms with Gasteiger partial charge in [0, 0.05) is 18.9 Å². The Morgan fingerprint density at radius 2 is 2.31 bits per heavy atom. The lowest BCUT2D eigenvalue weighted by Gasteiger charge is -2.09. The molecule has 5 nitrogen and oxygen atoms in total. The van der Waals surface area contributed by atoms with Crippen molar-refractivity contribution in [2.75, 3.05) is 11.9 Å². The molecule has 16 heavy (non-hydrogen) atoms. The molecule has 0 fully saturated rings. The average molecular weight is 282 g/mol. The molecule has 2 heterocycles. The fourth-order valence-corrected chi connectivity index (χ4v) is 1.84. The maximum atomic E-state index is 4.21. The van der Waals surface area contributed by atoms with Crippen LogP contribution in [0.15, 0.2) is 29.5 Å². The Balaban J connectivity index is 2.33. The van der Waals surface area contributed by atoms with Gasteiger partial charge in [-0.2, -0.15) is 0 Å². The summed E-state index contributed by atoms with van der Waals surface area (Å²) in [4.78, 5) is 12.4. The van der Waals surface area contributed by atoms with Gasteiger partial charge in [0.25, 0.3) is 0 Å². The van der Waals surface area contributed by atoms with E-state index in [-0.39, 0.29) is 0 Å². The smallest absolute Gasteiger partial charge is 0.157 e. The van der Waals surface area contributed by atoms with E-state index < -0.39 is 0 Å². The third-order valence-electron chi connectivity index (χ3n) is 2.06. The Labute approximate surface area is 102 Å². The van der Waals surface area contributed by atoms with E-state index in [4.69, 9.17) is 0 Å². The van der Waals surface area contributed by atoms with E-state index >= 15 is 0 Å². The van der Waals surface area contributed by atoms with Crippen molar-refractivity contribution >= 4 is 21.7 Å². The number of nitrogens with one attached hydrogen (secondary N) is 1. The molecule has 1 N–H and O–H groups in total. The number of hydrogen-bond donors (Lipinski definition) is 1. The predicted molar refractivity (Wildman–Crippen MR) is 65.6 cm³/mol. The van der Waals surface area contributed by atoms with E-state index in [1.54, 1.807) is 12.5 Å². The van der Waals surface area contributed by atoms with Gasteiger partial charge in [-0.1, -0.05) is 6.92 Å². The van der Waals surface area contributed by atoms with Gasteiger partial charge in [0.15, 0.2) is 5.82 Å². The van der Waals surface area contributed by atoms with Crippen molar-refractivity contribution in [1.82, 2.24) is 19.5 Å². The average Bonchev–Trinajstić information content (AvgIpc) is 2.81. The van der Waals surface area contributed by atoms with Crippen LogP contribution in [0, 0.1) is 0 Å². The lowest BCUT2D eigenvalue weighted by molar-refractivity contribution is 0.934. The van der Waals surface area contributed by atoms with Crippen LogP contribution in [-0.2, 0) is 0 Å². The van der Waals surface area contributed by atoms with Crippen molar-refractivity contribution in [3.05, 3.63) is 29.5 Å². The highest BCUT2D eigenvalue weighted by Crippen LogP contribution is 2.24. The predicted octanol–water partition coefficient (Wildman–Crippen LogP) is 2.25.